The molecule has 0 atom stereocenters. The zero-order valence-electron chi connectivity index (χ0n) is 15.3. The highest BCUT2D eigenvalue weighted by Gasteiger charge is 2.03. The summed E-state index contributed by atoms with van der Waals surface area (Å²) in [6.45, 7) is 1.15. The van der Waals surface area contributed by atoms with Gasteiger partial charge >= 0.3 is 0 Å². The molecule has 2 amide bonds. The maximum absolute atomic E-state index is 12.0. The van der Waals surface area contributed by atoms with E-state index in [1.807, 2.05) is 54.6 Å². The third-order valence-electron chi connectivity index (χ3n) is 3.93. The number of carbonyl (C=O) groups excluding carboxylic acids is 2. The normalized spacial score (nSPS) is 10.3. The highest BCUT2D eigenvalue weighted by atomic mass is 32.1. The van der Waals surface area contributed by atoms with Crippen molar-refractivity contribution in [1.29, 1.82) is 0 Å². The minimum atomic E-state index is -0.0627. The zero-order valence-corrected chi connectivity index (χ0v) is 16.2. The number of carbonyl (C=O) groups is 2. The molecule has 0 fully saturated rings. The van der Waals surface area contributed by atoms with Gasteiger partial charge < -0.3 is 15.4 Å². The number of anilines is 1. The van der Waals surface area contributed by atoms with Crippen LogP contribution < -0.4 is 15.4 Å². The second-order valence-electron chi connectivity index (χ2n) is 6.17. The van der Waals surface area contributed by atoms with E-state index >= 15 is 0 Å². The first kappa shape index (κ1) is 20.8. The van der Waals surface area contributed by atoms with Gasteiger partial charge in [0.1, 0.15) is 12.4 Å². The van der Waals surface area contributed by atoms with Crippen LogP contribution in [0, 0.1) is 0 Å². The summed E-state index contributed by atoms with van der Waals surface area (Å²) in [4.78, 5) is 23.0. The molecule has 0 aliphatic heterocycles. The molecule has 0 saturated heterocycles. The molecule has 2 aromatic carbocycles. The summed E-state index contributed by atoms with van der Waals surface area (Å²) in [5.74, 6) is 0.901. The van der Waals surface area contributed by atoms with Gasteiger partial charge in [0, 0.05) is 18.7 Å². The molecule has 0 aliphatic rings. The maximum atomic E-state index is 12.0. The van der Waals surface area contributed by atoms with Crippen molar-refractivity contribution in [3.8, 4) is 5.75 Å². The summed E-state index contributed by atoms with van der Waals surface area (Å²) < 4.78 is 5.73. The predicted molar refractivity (Wildman–Crippen MR) is 111 cm³/mol. The molecule has 0 saturated carbocycles. The number of nitrogens with one attached hydrogen (secondary N) is 2. The Morgan fingerprint density at radius 1 is 0.889 bits per heavy atom. The minimum Gasteiger partial charge on any atom is -0.489 e. The van der Waals surface area contributed by atoms with Crippen LogP contribution in [-0.2, 0) is 16.2 Å². The van der Waals surface area contributed by atoms with Crippen LogP contribution in [0.1, 0.15) is 31.2 Å². The third-order valence-corrected chi connectivity index (χ3v) is 4.22. The van der Waals surface area contributed by atoms with Gasteiger partial charge in [-0.1, -0.05) is 36.8 Å². The molecule has 0 aliphatic carbocycles. The van der Waals surface area contributed by atoms with Crippen molar-refractivity contribution >= 4 is 30.1 Å². The highest BCUT2D eigenvalue weighted by molar-refractivity contribution is 7.81. The van der Waals surface area contributed by atoms with Crippen LogP contribution in [0.15, 0.2) is 54.6 Å². The van der Waals surface area contributed by atoms with Gasteiger partial charge in [0.05, 0.1) is 5.75 Å². The van der Waals surface area contributed by atoms with Gasteiger partial charge in [0.15, 0.2) is 0 Å². The number of amides is 2. The van der Waals surface area contributed by atoms with Crippen molar-refractivity contribution in [3.63, 3.8) is 0 Å². The van der Waals surface area contributed by atoms with Crippen molar-refractivity contribution in [2.45, 2.75) is 32.3 Å². The smallest absolute Gasteiger partial charge is 0.229 e. The van der Waals surface area contributed by atoms with E-state index in [-0.39, 0.29) is 17.6 Å². The van der Waals surface area contributed by atoms with Gasteiger partial charge in [-0.05, 0) is 42.7 Å². The molecule has 0 unspecified atom stereocenters. The summed E-state index contributed by atoms with van der Waals surface area (Å²) in [5.41, 5.74) is 1.87. The standard InChI is InChI=1S/C21H26N2O3S/c24-20(9-5-2-6-14-22-21(25)16-27)23-18-10-12-19(13-11-18)26-15-17-7-3-1-4-8-17/h1,3-4,7-8,10-13,27H,2,5-6,9,14-16H2,(H,22,25)(H,23,24). The molecule has 0 radical (unpaired) electrons. The highest BCUT2D eigenvalue weighted by Crippen LogP contribution is 2.17. The predicted octanol–water partition coefficient (Wildman–Crippen LogP) is 3.81. The molecule has 2 N–H and O–H groups in total. The van der Waals surface area contributed by atoms with Crippen LogP contribution in [0.3, 0.4) is 0 Å². The number of hydrogen-bond acceptors (Lipinski definition) is 4. The quantitative estimate of drug-likeness (QED) is 0.406. The average molecular weight is 387 g/mol. The molecule has 144 valence electrons. The molecule has 0 spiro atoms. The third kappa shape index (κ3) is 8.64. The van der Waals surface area contributed by atoms with E-state index in [2.05, 4.69) is 23.3 Å². The second-order valence-corrected chi connectivity index (χ2v) is 6.48. The fraction of sp³-hybridized carbons (Fsp3) is 0.333. The molecule has 6 heteroatoms. The average Bonchev–Trinajstić information content (AvgIpc) is 2.70. The molecule has 27 heavy (non-hydrogen) atoms. The Bertz CT molecular complexity index is 705. The van der Waals surface area contributed by atoms with Crippen LogP contribution in [-0.4, -0.2) is 24.1 Å². The number of unbranched alkanes of at least 4 members (excludes halogenated alkanes) is 2. The van der Waals surface area contributed by atoms with Crippen LogP contribution >= 0.6 is 12.6 Å². The first-order chi connectivity index (χ1) is 13.2. The van der Waals surface area contributed by atoms with Gasteiger partial charge in [-0.25, -0.2) is 0 Å². The van der Waals surface area contributed by atoms with E-state index in [0.717, 1.165) is 36.3 Å². The van der Waals surface area contributed by atoms with Gasteiger partial charge in [0.2, 0.25) is 11.8 Å². The van der Waals surface area contributed by atoms with Crippen LogP contribution in [0.25, 0.3) is 0 Å². The SMILES string of the molecule is O=C(CS)NCCCCCC(=O)Nc1ccc(OCc2ccccc2)cc1. The fourth-order valence-corrected chi connectivity index (χ4v) is 2.58. The molecule has 5 nitrogen and oxygen atoms in total. The number of rotatable bonds is 11. The van der Waals surface area contributed by atoms with E-state index in [1.54, 1.807) is 0 Å². The van der Waals surface area contributed by atoms with E-state index in [0.29, 0.717) is 19.6 Å². The number of hydrogen-bond donors (Lipinski definition) is 3. The molecule has 0 bridgehead atoms. The van der Waals surface area contributed by atoms with Crippen molar-refractivity contribution < 1.29 is 14.3 Å². The summed E-state index contributed by atoms with van der Waals surface area (Å²) in [7, 11) is 0. The number of ether oxygens (including phenoxy) is 1. The number of benzene rings is 2. The fourth-order valence-electron chi connectivity index (χ4n) is 2.47. The van der Waals surface area contributed by atoms with E-state index in [1.165, 1.54) is 0 Å². The van der Waals surface area contributed by atoms with Gasteiger partial charge in [0.25, 0.3) is 0 Å². The largest absolute Gasteiger partial charge is 0.489 e. The van der Waals surface area contributed by atoms with E-state index in [9.17, 15) is 9.59 Å². The van der Waals surface area contributed by atoms with Crippen LogP contribution in [0.2, 0.25) is 0 Å². The Morgan fingerprint density at radius 3 is 2.33 bits per heavy atom. The monoisotopic (exact) mass is 386 g/mol. The minimum absolute atomic E-state index is 0.00709. The summed E-state index contributed by atoms with van der Waals surface area (Å²) in [6, 6.07) is 17.3. The Kier molecular flexibility index (Phi) is 9.27. The van der Waals surface area contributed by atoms with E-state index < -0.39 is 0 Å². The van der Waals surface area contributed by atoms with Crippen molar-refractivity contribution in [3.05, 3.63) is 60.2 Å². The van der Waals surface area contributed by atoms with Gasteiger partial charge in [-0.2, -0.15) is 12.6 Å². The Hall–Kier alpha value is -2.47. The van der Waals surface area contributed by atoms with Crippen molar-refractivity contribution in [2.75, 3.05) is 17.6 Å². The molecular weight excluding hydrogens is 360 g/mol. The van der Waals surface area contributed by atoms with Gasteiger partial charge in [-0.3, -0.25) is 9.59 Å². The lowest BCUT2D eigenvalue weighted by Crippen LogP contribution is -2.25. The summed E-state index contributed by atoms with van der Waals surface area (Å²) >= 11 is 3.89. The molecular formula is C21H26N2O3S. The van der Waals surface area contributed by atoms with Crippen molar-refractivity contribution in [2.24, 2.45) is 0 Å². The Balaban J connectivity index is 1.62. The lowest BCUT2D eigenvalue weighted by molar-refractivity contribution is -0.118. The second kappa shape index (κ2) is 12.0. The summed E-state index contributed by atoms with van der Waals surface area (Å²) in [6.07, 6.45) is 3.01. The lowest BCUT2D eigenvalue weighted by atomic mass is 10.2. The molecule has 0 heterocycles. The zero-order chi connectivity index (χ0) is 19.3. The molecule has 2 aromatic rings. The maximum Gasteiger partial charge on any atom is 0.229 e. The Labute approximate surface area is 165 Å². The Morgan fingerprint density at radius 2 is 1.63 bits per heavy atom. The van der Waals surface area contributed by atoms with Crippen molar-refractivity contribution in [1.82, 2.24) is 5.32 Å². The first-order valence-corrected chi connectivity index (χ1v) is 9.75. The molecule has 2 rings (SSSR count). The van der Waals surface area contributed by atoms with Crippen LogP contribution in [0.5, 0.6) is 5.75 Å². The lowest BCUT2D eigenvalue weighted by Gasteiger charge is -2.09. The van der Waals surface area contributed by atoms with E-state index in [4.69, 9.17) is 4.74 Å². The number of thiol groups is 1. The topological polar surface area (TPSA) is 67.4 Å². The van der Waals surface area contributed by atoms with Gasteiger partial charge in [-0.15, -0.1) is 0 Å². The summed E-state index contributed by atoms with van der Waals surface area (Å²) in [5, 5.41) is 5.65. The van der Waals surface area contributed by atoms with Crippen LogP contribution in [0.4, 0.5) is 5.69 Å². The first-order valence-electron chi connectivity index (χ1n) is 9.11. The molecule has 0 aromatic heterocycles.